The van der Waals surface area contributed by atoms with Crippen LogP contribution in [0.15, 0.2) is 146 Å². The Morgan fingerprint density at radius 2 is 1.08 bits per heavy atom. The third kappa shape index (κ3) is 10.1. The van der Waals surface area contributed by atoms with Crippen molar-refractivity contribution in [2.24, 2.45) is 0 Å². The molecule has 0 aliphatic carbocycles. The number of rotatable bonds is 12. The Balaban J connectivity index is 0.000000172. The van der Waals surface area contributed by atoms with E-state index in [-0.39, 0.29) is 6.04 Å². The van der Waals surface area contributed by atoms with Crippen LogP contribution >= 0.6 is 0 Å². The van der Waals surface area contributed by atoms with Gasteiger partial charge in [0.2, 0.25) is 0 Å². The number of phenolic OH excluding ortho intramolecular Hbond substituents is 1. The highest BCUT2D eigenvalue weighted by atomic mass is 16.5. The average molecular weight is 802 g/mol. The molecule has 0 spiro atoms. The first-order valence-corrected chi connectivity index (χ1v) is 21.7. The maximum absolute atomic E-state index is 9.58. The van der Waals surface area contributed by atoms with E-state index in [2.05, 4.69) is 136 Å². The summed E-state index contributed by atoms with van der Waals surface area (Å²) in [5.74, 6) is 3.13. The zero-order valence-corrected chi connectivity index (χ0v) is 35.1. The van der Waals surface area contributed by atoms with Crippen molar-refractivity contribution in [1.82, 2.24) is 5.32 Å². The number of benzene rings is 6. The fraction of sp³-hybridized carbons (Fsp3) is 0.321. The van der Waals surface area contributed by atoms with Gasteiger partial charge in [-0.25, -0.2) is 0 Å². The Morgan fingerprint density at radius 3 is 1.57 bits per heavy atom. The first-order valence-electron chi connectivity index (χ1n) is 21.7. The van der Waals surface area contributed by atoms with E-state index >= 15 is 0 Å². The van der Waals surface area contributed by atoms with Gasteiger partial charge >= 0.3 is 0 Å². The second kappa shape index (κ2) is 19.9. The highest BCUT2D eigenvalue weighted by Gasteiger charge is 2.30. The van der Waals surface area contributed by atoms with Crippen molar-refractivity contribution in [3.63, 3.8) is 0 Å². The molecule has 0 aromatic heterocycles. The van der Waals surface area contributed by atoms with E-state index in [4.69, 9.17) is 14.2 Å². The van der Waals surface area contributed by atoms with E-state index in [0.29, 0.717) is 17.8 Å². The summed E-state index contributed by atoms with van der Waals surface area (Å²) in [5.41, 5.74) is 10.6. The van der Waals surface area contributed by atoms with Gasteiger partial charge in [-0.2, -0.15) is 0 Å². The van der Waals surface area contributed by atoms with Gasteiger partial charge in [-0.15, -0.1) is 0 Å². The number of methoxy groups -OCH3 is 2. The van der Waals surface area contributed by atoms with Gasteiger partial charge in [-0.05, 0) is 158 Å². The van der Waals surface area contributed by atoms with Gasteiger partial charge in [0.05, 0.1) is 32.9 Å². The third-order valence-electron chi connectivity index (χ3n) is 12.5. The summed E-state index contributed by atoms with van der Waals surface area (Å²) < 4.78 is 17.0. The summed E-state index contributed by atoms with van der Waals surface area (Å²) in [6, 6.07) is 51.8. The summed E-state index contributed by atoms with van der Waals surface area (Å²) >= 11 is 0. The van der Waals surface area contributed by atoms with Crippen molar-refractivity contribution in [2.45, 2.75) is 69.5 Å². The van der Waals surface area contributed by atoms with Gasteiger partial charge in [0, 0.05) is 30.5 Å². The van der Waals surface area contributed by atoms with Crippen LogP contribution in [0.3, 0.4) is 0 Å². The molecule has 60 heavy (non-hydrogen) atoms. The summed E-state index contributed by atoms with van der Waals surface area (Å²) in [4.78, 5) is 5.04. The number of piperidine rings is 1. The van der Waals surface area contributed by atoms with E-state index < -0.39 is 0 Å². The molecule has 0 saturated carbocycles. The fourth-order valence-electron chi connectivity index (χ4n) is 9.22. The number of para-hydroxylation sites is 2. The van der Waals surface area contributed by atoms with Gasteiger partial charge in [0.25, 0.3) is 0 Å². The number of phenols is 1. The smallest absolute Gasteiger partial charge is 0.119 e. The van der Waals surface area contributed by atoms with E-state index in [0.717, 1.165) is 75.6 Å². The second-order valence-electron chi connectivity index (χ2n) is 16.2. The molecule has 2 N–H and O–H groups in total. The normalized spacial score (nSPS) is 18.3. The minimum atomic E-state index is 0.261. The quantitative estimate of drug-likeness (QED) is 0.128. The molecule has 7 heteroatoms. The molecule has 9 rings (SSSR count). The number of anilines is 2. The SMILES string of the molecule is COc1ccc2c(c1)CCN(c1ccccc1)C2Cc1ccc(O)cc1.COc1ccc2c(c1)CCN(c1ccccc1)C2Cc1ccc(OCCC2CCCCN2)cc1. The minimum absolute atomic E-state index is 0.261. The Kier molecular flexibility index (Phi) is 13.5. The zero-order valence-electron chi connectivity index (χ0n) is 35.1. The molecule has 0 radical (unpaired) electrons. The largest absolute Gasteiger partial charge is 0.508 e. The third-order valence-corrected chi connectivity index (χ3v) is 12.5. The van der Waals surface area contributed by atoms with E-state index in [1.165, 1.54) is 64.0 Å². The van der Waals surface area contributed by atoms with Crippen molar-refractivity contribution in [1.29, 1.82) is 0 Å². The molecular weight excluding hydrogens is 743 g/mol. The van der Waals surface area contributed by atoms with Crippen LogP contribution in [0.25, 0.3) is 0 Å². The highest BCUT2D eigenvalue weighted by molar-refractivity contribution is 5.55. The molecule has 3 unspecified atom stereocenters. The molecule has 310 valence electrons. The van der Waals surface area contributed by atoms with Crippen molar-refractivity contribution in [3.05, 3.63) is 179 Å². The maximum atomic E-state index is 9.58. The predicted octanol–water partition coefficient (Wildman–Crippen LogP) is 10.7. The lowest BCUT2D eigenvalue weighted by molar-refractivity contribution is 0.268. The topological polar surface area (TPSA) is 66.4 Å². The lowest BCUT2D eigenvalue weighted by Crippen LogP contribution is -2.36. The van der Waals surface area contributed by atoms with E-state index in [9.17, 15) is 5.11 Å². The maximum Gasteiger partial charge on any atom is 0.119 e. The van der Waals surface area contributed by atoms with Crippen LogP contribution < -0.4 is 29.3 Å². The number of nitrogens with one attached hydrogen (secondary N) is 1. The van der Waals surface area contributed by atoms with Crippen LogP contribution in [0, 0.1) is 0 Å². The first kappa shape index (κ1) is 40.8. The number of hydrogen-bond donors (Lipinski definition) is 2. The van der Waals surface area contributed by atoms with E-state index in [1.54, 1.807) is 26.4 Å². The second-order valence-corrected chi connectivity index (χ2v) is 16.2. The lowest BCUT2D eigenvalue weighted by atomic mass is 9.88. The Bertz CT molecular complexity index is 2240. The number of nitrogens with zero attached hydrogens (tertiary/aromatic N) is 2. The summed E-state index contributed by atoms with van der Waals surface area (Å²) in [6.07, 6.45) is 8.89. The number of hydrogen-bond acceptors (Lipinski definition) is 7. The predicted molar refractivity (Wildman–Crippen MR) is 244 cm³/mol. The molecule has 7 nitrogen and oxygen atoms in total. The molecule has 3 atom stereocenters. The van der Waals surface area contributed by atoms with Crippen LogP contribution in [0.2, 0.25) is 0 Å². The Labute approximate surface area is 356 Å². The van der Waals surface area contributed by atoms with Gasteiger partial charge in [-0.3, -0.25) is 0 Å². The van der Waals surface area contributed by atoms with Crippen LogP contribution in [0.4, 0.5) is 11.4 Å². The molecule has 1 fully saturated rings. The van der Waals surface area contributed by atoms with Crippen molar-refractivity contribution < 1.29 is 19.3 Å². The van der Waals surface area contributed by atoms with Gasteiger partial charge in [-0.1, -0.05) is 79.2 Å². The molecule has 1 saturated heterocycles. The molecule has 3 aliphatic heterocycles. The monoisotopic (exact) mass is 801 g/mol. The van der Waals surface area contributed by atoms with Crippen LogP contribution in [-0.2, 0) is 25.7 Å². The summed E-state index contributed by atoms with van der Waals surface area (Å²) in [5, 5.41) is 13.2. The molecule has 0 amide bonds. The standard InChI is InChI=1S/C30H36N2O2.C23H23NO2/c1-33-28-14-15-29-24(22-28)16-19-32(26-8-3-2-4-9-26)30(29)21-23-10-12-27(13-11-23)34-20-17-25-7-5-6-18-31-25;1-26-21-11-12-22-18(16-21)13-14-24(19-5-3-2-4-6-19)23(22)15-17-7-9-20(25)10-8-17/h2-4,8-15,22,25,30-31H,5-7,16-21H2,1H3;2-12,16,23,25H,13-15H2,1H3. The van der Waals surface area contributed by atoms with Crippen LogP contribution in [0.1, 0.15) is 71.1 Å². The summed E-state index contributed by atoms with van der Waals surface area (Å²) in [6.45, 7) is 3.91. The molecule has 6 aromatic carbocycles. The van der Waals surface area contributed by atoms with Crippen molar-refractivity contribution in [2.75, 3.05) is 50.3 Å². The number of aromatic hydroxyl groups is 1. The van der Waals surface area contributed by atoms with Gasteiger partial charge in [0.1, 0.15) is 23.0 Å². The first-order chi connectivity index (χ1) is 29.5. The molecule has 3 heterocycles. The van der Waals surface area contributed by atoms with Crippen LogP contribution in [-0.4, -0.2) is 51.6 Å². The molecule has 6 aromatic rings. The zero-order chi connectivity index (χ0) is 41.1. The Morgan fingerprint density at radius 1 is 0.583 bits per heavy atom. The molecule has 0 bridgehead atoms. The molecular formula is C53H59N3O4. The highest BCUT2D eigenvalue weighted by Crippen LogP contribution is 2.39. The number of fused-ring (bicyclic) bond motifs is 2. The van der Waals surface area contributed by atoms with Crippen molar-refractivity contribution in [3.8, 4) is 23.0 Å². The van der Waals surface area contributed by atoms with Crippen molar-refractivity contribution >= 4 is 11.4 Å². The lowest BCUT2D eigenvalue weighted by Gasteiger charge is -2.39. The van der Waals surface area contributed by atoms with E-state index in [1.807, 2.05) is 12.1 Å². The summed E-state index contributed by atoms with van der Waals surface area (Å²) in [7, 11) is 3.46. The fourth-order valence-corrected chi connectivity index (χ4v) is 9.22. The minimum Gasteiger partial charge on any atom is -0.508 e. The Hall–Kier alpha value is -5.92. The van der Waals surface area contributed by atoms with Crippen LogP contribution in [0.5, 0.6) is 23.0 Å². The van der Waals surface area contributed by atoms with Gasteiger partial charge < -0.3 is 34.4 Å². The molecule has 3 aliphatic rings. The number of ether oxygens (including phenoxy) is 3. The van der Waals surface area contributed by atoms with Gasteiger partial charge in [0.15, 0.2) is 0 Å². The average Bonchev–Trinajstić information content (AvgIpc) is 3.31.